The Labute approximate surface area is 74.3 Å². The zero-order valence-electron chi connectivity index (χ0n) is 8.13. The first-order valence-electron chi connectivity index (χ1n) is 4.44. The molecule has 0 amide bonds. The molecule has 0 saturated heterocycles. The summed E-state index contributed by atoms with van der Waals surface area (Å²) in [5.41, 5.74) is 1.19. The van der Waals surface area contributed by atoms with Gasteiger partial charge in [0.1, 0.15) is 0 Å². The molecule has 0 aliphatic rings. The van der Waals surface area contributed by atoms with Crippen LogP contribution in [-0.4, -0.2) is 11.1 Å². The van der Waals surface area contributed by atoms with Crippen LogP contribution in [-0.2, 0) is 4.79 Å². The lowest BCUT2D eigenvalue weighted by Crippen LogP contribution is -2.12. The molecular formula is C10H18O2. The number of carboxylic acids is 1. The monoisotopic (exact) mass is 170 g/mol. The molecule has 0 aliphatic carbocycles. The molecule has 2 heteroatoms. The molecule has 0 spiro atoms. The fraction of sp³-hybridized carbons (Fsp3) is 0.700. The van der Waals surface area contributed by atoms with Crippen LogP contribution in [0.15, 0.2) is 11.6 Å². The van der Waals surface area contributed by atoms with Gasteiger partial charge in [-0.25, -0.2) is 0 Å². The van der Waals surface area contributed by atoms with E-state index in [1.807, 2.05) is 26.8 Å². The normalized spacial score (nSPS) is 12.2. The second kappa shape index (κ2) is 5.81. The van der Waals surface area contributed by atoms with E-state index in [4.69, 9.17) is 5.11 Å². The molecule has 0 heterocycles. The minimum absolute atomic E-state index is 0.190. The van der Waals surface area contributed by atoms with Gasteiger partial charge in [-0.2, -0.15) is 0 Å². The van der Waals surface area contributed by atoms with Gasteiger partial charge in [0.2, 0.25) is 0 Å². The van der Waals surface area contributed by atoms with Crippen LogP contribution in [0.1, 0.15) is 40.0 Å². The van der Waals surface area contributed by atoms with Crippen molar-refractivity contribution in [2.75, 3.05) is 0 Å². The quantitative estimate of drug-likeness (QED) is 0.644. The van der Waals surface area contributed by atoms with Gasteiger partial charge < -0.3 is 5.11 Å². The average molecular weight is 170 g/mol. The highest BCUT2D eigenvalue weighted by molar-refractivity contribution is 5.70. The molecule has 0 aliphatic heterocycles. The highest BCUT2D eigenvalue weighted by atomic mass is 16.4. The third-order valence-corrected chi connectivity index (χ3v) is 1.80. The predicted octanol–water partition coefficient (Wildman–Crippen LogP) is 2.84. The fourth-order valence-corrected chi connectivity index (χ4v) is 1.07. The Kier molecular flexibility index (Phi) is 5.43. The Hall–Kier alpha value is -0.790. The molecule has 0 radical (unpaired) electrons. The summed E-state index contributed by atoms with van der Waals surface area (Å²) < 4.78 is 0. The number of carboxylic acid groups (broad SMARTS) is 1. The molecular weight excluding hydrogens is 152 g/mol. The molecule has 0 saturated carbocycles. The molecule has 1 unspecified atom stereocenters. The maximum atomic E-state index is 10.7. The topological polar surface area (TPSA) is 37.3 Å². The lowest BCUT2D eigenvalue weighted by atomic mass is 9.99. The van der Waals surface area contributed by atoms with Crippen molar-refractivity contribution < 1.29 is 9.90 Å². The summed E-state index contributed by atoms with van der Waals surface area (Å²) in [5.74, 6) is -0.862. The van der Waals surface area contributed by atoms with Crippen molar-refractivity contribution in [3.05, 3.63) is 11.6 Å². The Morgan fingerprint density at radius 1 is 1.50 bits per heavy atom. The van der Waals surface area contributed by atoms with E-state index in [1.165, 1.54) is 5.57 Å². The zero-order chi connectivity index (χ0) is 9.56. The molecule has 2 nitrogen and oxygen atoms in total. The number of carbonyl (C=O) groups is 1. The molecule has 0 fully saturated rings. The van der Waals surface area contributed by atoms with Crippen LogP contribution in [0.4, 0.5) is 0 Å². The Bertz CT molecular complexity index is 167. The lowest BCUT2D eigenvalue weighted by molar-refractivity contribution is -0.141. The van der Waals surface area contributed by atoms with Gasteiger partial charge in [-0.15, -0.1) is 0 Å². The Morgan fingerprint density at radius 3 is 2.42 bits per heavy atom. The van der Waals surface area contributed by atoms with Gasteiger partial charge in [-0.1, -0.05) is 25.0 Å². The second-order valence-electron chi connectivity index (χ2n) is 3.34. The molecule has 70 valence electrons. The van der Waals surface area contributed by atoms with Crippen molar-refractivity contribution >= 4 is 5.97 Å². The molecule has 0 aromatic heterocycles. The number of hydrogen-bond acceptors (Lipinski definition) is 1. The van der Waals surface area contributed by atoms with E-state index in [0.29, 0.717) is 6.42 Å². The van der Waals surface area contributed by atoms with E-state index in [1.54, 1.807) is 0 Å². The molecule has 0 rings (SSSR count). The van der Waals surface area contributed by atoms with E-state index >= 15 is 0 Å². The van der Waals surface area contributed by atoms with Gasteiger partial charge in [-0.3, -0.25) is 4.79 Å². The predicted molar refractivity (Wildman–Crippen MR) is 50.1 cm³/mol. The smallest absolute Gasteiger partial charge is 0.306 e. The summed E-state index contributed by atoms with van der Waals surface area (Å²) in [5, 5.41) is 8.79. The number of aliphatic carboxylic acids is 1. The van der Waals surface area contributed by atoms with E-state index in [0.717, 1.165) is 12.8 Å². The van der Waals surface area contributed by atoms with Crippen molar-refractivity contribution in [2.45, 2.75) is 40.0 Å². The third kappa shape index (κ3) is 4.94. The minimum atomic E-state index is -0.672. The standard InChI is InChI=1S/C10H18O2/c1-4-5-9(10(11)12)7-6-8(2)3/h6,9H,4-5,7H2,1-3H3,(H,11,12). The van der Waals surface area contributed by atoms with Crippen molar-refractivity contribution in [1.82, 2.24) is 0 Å². The van der Waals surface area contributed by atoms with Crippen LogP contribution in [0.5, 0.6) is 0 Å². The fourth-order valence-electron chi connectivity index (χ4n) is 1.07. The Morgan fingerprint density at radius 2 is 2.08 bits per heavy atom. The van der Waals surface area contributed by atoms with E-state index in [2.05, 4.69) is 0 Å². The number of allylic oxidation sites excluding steroid dienone is 2. The molecule has 0 aromatic carbocycles. The van der Waals surface area contributed by atoms with Gasteiger partial charge in [0.25, 0.3) is 0 Å². The average Bonchev–Trinajstić information content (AvgIpc) is 1.96. The van der Waals surface area contributed by atoms with E-state index < -0.39 is 5.97 Å². The van der Waals surface area contributed by atoms with Gasteiger partial charge in [-0.05, 0) is 26.7 Å². The SMILES string of the molecule is CCCC(CC=C(C)C)C(=O)O. The van der Waals surface area contributed by atoms with E-state index in [9.17, 15) is 4.79 Å². The summed E-state index contributed by atoms with van der Waals surface area (Å²) >= 11 is 0. The molecule has 0 aromatic rings. The largest absolute Gasteiger partial charge is 0.481 e. The summed E-state index contributed by atoms with van der Waals surface area (Å²) in [6.07, 6.45) is 4.38. The first-order valence-corrected chi connectivity index (χ1v) is 4.44. The van der Waals surface area contributed by atoms with Gasteiger partial charge in [0, 0.05) is 0 Å². The van der Waals surface area contributed by atoms with Crippen molar-refractivity contribution in [2.24, 2.45) is 5.92 Å². The maximum absolute atomic E-state index is 10.7. The summed E-state index contributed by atoms with van der Waals surface area (Å²) in [7, 11) is 0. The first kappa shape index (κ1) is 11.2. The van der Waals surface area contributed by atoms with Crippen molar-refractivity contribution in [3.8, 4) is 0 Å². The number of rotatable bonds is 5. The van der Waals surface area contributed by atoms with Gasteiger partial charge in [0.15, 0.2) is 0 Å². The maximum Gasteiger partial charge on any atom is 0.306 e. The molecule has 12 heavy (non-hydrogen) atoms. The Balaban J connectivity index is 3.96. The van der Waals surface area contributed by atoms with Crippen LogP contribution < -0.4 is 0 Å². The van der Waals surface area contributed by atoms with Crippen LogP contribution in [0.3, 0.4) is 0 Å². The van der Waals surface area contributed by atoms with Gasteiger partial charge in [0.05, 0.1) is 5.92 Å². The highest BCUT2D eigenvalue weighted by Crippen LogP contribution is 2.13. The molecule has 1 atom stereocenters. The summed E-state index contributed by atoms with van der Waals surface area (Å²) in [6.45, 7) is 5.99. The second-order valence-corrected chi connectivity index (χ2v) is 3.34. The van der Waals surface area contributed by atoms with Crippen LogP contribution in [0.25, 0.3) is 0 Å². The van der Waals surface area contributed by atoms with Crippen LogP contribution in [0.2, 0.25) is 0 Å². The van der Waals surface area contributed by atoms with Crippen LogP contribution >= 0.6 is 0 Å². The minimum Gasteiger partial charge on any atom is -0.481 e. The van der Waals surface area contributed by atoms with E-state index in [-0.39, 0.29) is 5.92 Å². The summed E-state index contributed by atoms with van der Waals surface area (Å²) in [4.78, 5) is 10.7. The molecule has 1 N–H and O–H groups in total. The third-order valence-electron chi connectivity index (χ3n) is 1.80. The number of hydrogen-bond donors (Lipinski definition) is 1. The van der Waals surface area contributed by atoms with Crippen LogP contribution in [0, 0.1) is 5.92 Å². The van der Waals surface area contributed by atoms with Crippen molar-refractivity contribution in [3.63, 3.8) is 0 Å². The lowest BCUT2D eigenvalue weighted by Gasteiger charge is -2.07. The molecule has 0 bridgehead atoms. The highest BCUT2D eigenvalue weighted by Gasteiger charge is 2.13. The first-order chi connectivity index (χ1) is 5.57. The zero-order valence-corrected chi connectivity index (χ0v) is 8.13. The van der Waals surface area contributed by atoms with Gasteiger partial charge >= 0.3 is 5.97 Å². The van der Waals surface area contributed by atoms with Crippen molar-refractivity contribution in [1.29, 1.82) is 0 Å². The summed E-state index contributed by atoms with van der Waals surface area (Å²) in [6, 6.07) is 0.